The molecule has 4 heterocycles. The van der Waals surface area contributed by atoms with Crippen molar-refractivity contribution in [2.75, 3.05) is 13.7 Å². The van der Waals surface area contributed by atoms with Gasteiger partial charge < -0.3 is 9.47 Å². The van der Waals surface area contributed by atoms with Crippen molar-refractivity contribution >= 4 is 17.4 Å². The van der Waals surface area contributed by atoms with Crippen LogP contribution in [0.1, 0.15) is 25.8 Å². The van der Waals surface area contributed by atoms with E-state index in [-0.39, 0.29) is 35.8 Å². The van der Waals surface area contributed by atoms with E-state index in [1.807, 2.05) is 19.1 Å². The van der Waals surface area contributed by atoms with Crippen molar-refractivity contribution in [1.82, 2.24) is 5.06 Å². The number of esters is 1. The summed E-state index contributed by atoms with van der Waals surface area (Å²) in [6.45, 7) is 4.62. The minimum absolute atomic E-state index is 0.0158. The lowest BCUT2D eigenvalue weighted by molar-refractivity contribution is -0.249. The van der Waals surface area contributed by atoms with E-state index in [0.29, 0.717) is 6.61 Å². The van der Waals surface area contributed by atoms with E-state index in [4.69, 9.17) is 19.3 Å². The Hall–Kier alpha value is -2.02. The molecule has 3 saturated heterocycles. The van der Waals surface area contributed by atoms with Gasteiger partial charge in [0.1, 0.15) is 0 Å². The zero-order valence-corrected chi connectivity index (χ0v) is 16.3. The lowest BCUT2D eigenvalue weighted by Crippen LogP contribution is -2.75. The van der Waals surface area contributed by atoms with Crippen molar-refractivity contribution in [2.45, 2.75) is 44.1 Å². The second-order valence-corrected chi connectivity index (χ2v) is 8.29. The van der Waals surface area contributed by atoms with Gasteiger partial charge in [0.05, 0.1) is 41.9 Å². The van der Waals surface area contributed by atoms with E-state index in [2.05, 4.69) is 30.2 Å². The molecule has 0 N–H and O–H groups in total. The molecule has 0 radical (unpaired) electrons. The van der Waals surface area contributed by atoms with Crippen LogP contribution < -0.4 is 0 Å². The number of methoxy groups -OCH3 is 1. The van der Waals surface area contributed by atoms with Crippen molar-refractivity contribution in [1.29, 1.82) is 0 Å². The molecular formula is C22H24N2O4. The first-order chi connectivity index (χ1) is 13.7. The number of carbonyl (C=O) groups excluding carboxylic acids is 1. The Balaban J connectivity index is 1.68. The van der Waals surface area contributed by atoms with Crippen LogP contribution in [-0.4, -0.2) is 48.8 Å². The maximum Gasteiger partial charge on any atom is 0.310 e. The summed E-state index contributed by atoms with van der Waals surface area (Å²) >= 11 is 0. The van der Waals surface area contributed by atoms with Crippen LogP contribution in [0.5, 0.6) is 0 Å². The molecule has 6 heteroatoms. The summed E-state index contributed by atoms with van der Waals surface area (Å²) in [5.74, 6) is -0.316. The number of hydrogen-bond donors (Lipinski definition) is 0. The number of benzene rings is 1. The van der Waals surface area contributed by atoms with Crippen molar-refractivity contribution in [2.24, 2.45) is 22.7 Å². The Labute approximate surface area is 164 Å². The average molecular weight is 380 g/mol. The number of piperidine rings is 2. The number of allylic oxidation sites excluding steroid dienone is 1. The molecule has 28 heavy (non-hydrogen) atoms. The number of ether oxygens (including phenoxy) is 2. The predicted octanol–water partition coefficient (Wildman–Crippen LogP) is 2.76. The number of hydroxylamine groups is 2. The number of fused-ring (bicyclic) bond motifs is 1. The molecule has 1 aromatic carbocycles. The van der Waals surface area contributed by atoms with Gasteiger partial charge in [0.15, 0.2) is 6.29 Å². The van der Waals surface area contributed by atoms with E-state index in [9.17, 15) is 4.79 Å². The number of nitrogens with zero attached hydrogens (tertiary/aromatic N) is 2. The maximum atomic E-state index is 13.3. The third-order valence-corrected chi connectivity index (χ3v) is 7.56. The summed E-state index contributed by atoms with van der Waals surface area (Å²) in [7, 11) is 1.49. The first kappa shape index (κ1) is 16.9. The minimum atomic E-state index is -0.513. The van der Waals surface area contributed by atoms with Crippen LogP contribution in [0.3, 0.4) is 0 Å². The highest BCUT2D eigenvalue weighted by molar-refractivity contribution is 6.10. The van der Waals surface area contributed by atoms with Gasteiger partial charge in [-0.2, -0.15) is 5.06 Å². The monoisotopic (exact) mass is 380 g/mol. The minimum Gasteiger partial charge on any atom is -0.469 e. The fourth-order valence-electron chi connectivity index (χ4n) is 6.90. The molecule has 2 saturated carbocycles. The highest BCUT2D eigenvalue weighted by atomic mass is 16.8. The first-order valence-electron chi connectivity index (χ1n) is 10.2. The summed E-state index contributed by atoms with van der Waals surface area (Å²) in [5.41, 5.74) is 3.95. The fourth-order valence-corrected chi connectivity index (χ4v) is 6.90. The van der Waals surface area contributed by atoms with E-state index in [1.165, 1.54) is 12.7 Å². The highest BCUT2D eigenvalue weighted by Crippen LogP contribution is 2.69. The van der Waals surface area contributed by atoms with Crippen LogP contribution in [0.15, 0.2) is 40.9 Å². The van der Waals surface area contributed by atoms with Crippen molar-refractivity contribution in [3.63, 3.8) is 0 Å². The molecule has 0 aromatic heterocycles. The second kappa shape index (κ2) is 5.53. The topological polar surface area (TPSA) is 60.4 Å². The quantitative estimate of drug-likeness (QED) is 0.596. The Morgan fingerprint density at radius 2 is 2.25 bits per heavy atom. The molecule has 146 valence electrons. The predicted molar refractivity (Wildman–Crippen MR) is 102 cm³/mol. The molecule has 8 atom stereocenters. The molecule has 0 amide bonds. The zero-order chi connectivity index (χ0) is 19.2. The van der Waals surface area contributed by atoms with Crippen molar-refractivity contribution in [3.05, 3.63) is 41.5 Å². The summed E-state index contributed by atoms with van der Waals surface area (Å²) in [4.78, 5) is 24.7. The largest absolute Gasteiger partial charge is 0.469 e. The molecule has 6 bridgehead atoms. The average Bonchev–Trinajstić information content (AvgIpc) is 3.24. The van der Waals surface area contributed by atoms with Crippen LogP contribution in [-0.2, 0) is 24.5 Å². The van der Waals surface area contributed by atoms with Gasteiger partial charge in [-0.15, -0.1) is 0 Å². The van der Waals surface area contributed by atoms with Gasteiger partial charge in [0, 0.05) is 12.5 Å². The zero-order valence-electron chi connectivity index (χ0n) is 16.3. The van der Waals surface area contributed by atoms with Crippen molar-refractivity contribution in [3.8, 4) is 0 Å². The van der Waals surface area contributed by atoms with Gasteiger partial charge in [-0.05, 0) is 37.8 Å². The molecule has 4 aliphatic heterocycles. The first-order valence-corrected chi connectivity index (χ1v) is 10.2. The van der Waals surface area contributed by atoms with Gasteiger partial charge >= 0.3 is 5.97 Å². The van der Waals surface area contributed by atoms with Gasteiger partial charge in [-0.3, -0.25) is 14.6 Å². The van der Waals surface area contributed by atoms with E-state index in [0.717, 1.165) is 23.4 Å². The number of aliphatic imine (C=N–C) groups is 1. The van der Waals surface area contributed by atoms with E-state index in [1.54, 1.807) is 0 Å². The lowest BCUT2D eigenvalue weighted by atomic mass is 9.42. The smallest absolute Gasteiger partial charge is 0.310 e. The molecule has 6 aliphatic rings. The molecule has 2 aliphatic carbocycles. The third kappa shape index (κ3) is 1.64. The Bertz CT molecular complexity index is 940. The highest BCUT2D eigenvalue weighted by Gasteiger charge is 2.78. The molecule has 6 nitrogen and oxygen atoms in total. The third-order valence-electron chi connectivity index (χ3n) is 7.56. The van der Waals surface area contributed by atoms with Crippen LogP contribution in [0.4, 0.5) is 5.69 Å². The van der Waals surface area contributed by atoms with Gasteiger partial charge in [0.25, 0.3) is 0 Å². The molecule has 1 spiro atoms. The Morgan fingerprint density at radius 1 is 1.43 bits per heavy atom. The summed E-state index contributed by atoms with van der Waals surface area (Å²) in [6.07, 6.45) is 2.61. The van der Waals surface area contributed by atoms with Gasteiger partial charge in [-0.1, -0.05) is 29.8 Å². The van der Waals surface area contributed by atoms with E-state index >= 15 is 0 Å². The molecule has 7 rings (SSSR count). The Morgan fingerprint density at radius 3 is 3.00 bits per heavy atom. The van der Waals surface area contributed by atoms with Crippen molar-refractivity contribution < 1.29 is 19.1 Å². The maximum absolute atomic E-state index is 13.3. The molecule has 1 aromatic rings. The van der Waals surface area contributed by atoms with E-state index < -0.39 is 11.7 Å². The molecule has 5 fully saturated rings. The fraction of sp³-hybridized carbons (Fsp3) is 0.545. The van der Waals surface area contributed by atoms with Crippen LogP contribution in [0.25, 0.3) is 0 Å². The van der Waals surface area contributed by atoms with Gasteiger partial charge in [-0.25, -0.2) is 0 Å². The molecular weight excluding hydrogens is 356 g/mol. The standard InChI is InChI=1S/C22H24N2O4/c1-4-11-12-10-15-19-22(16(12)20(25)26-3,13-8-6-7-9-14(13)23-19)17-18(11)24(15)28-21(17)27-5-2/h4,6-9,12,15-18,21H,5,10H2,1-3H3. The van der Waals surface area contributed by atoms with Crippen LogP contribution >= 0.6 is 0 Å². The number of carbonyl (C=O) groups is 1. The number of rotatable bonds is 3. The lowest BCUT2D eigenvalue weighted by Gasteiger charge is -2.63. The summed E-state index contributed by atoms with van der Waals surface area (Å²) < 4.78 is 11.5. The molecule has 8 unspecified atom stereocenters. The normalized spacial score (nSPS) is 45.2. The summed E-state index contributed by atoms with van der Waals surface area (Å²) in [6, 6.07) is 8.45. The Kier molecular flexibility index (Phi) is 3.33. The number of hydrogen-bond acceptors (Lipinski definition) is 6. The second-order valence-electron chi connectivity index (χ2n) is 8.29. The summed E-state index contributed by atoms with van der Waals surface area (Å²) in [5, 5.41) is 2.12. The van der Waals surface area contributed by atoms with Gasteiger partial charge in [0.2, 0.25) is 0 Å². The SMILES string of the molecule is CC=C1C2CC3C4=Nc5ccccc5C4(C2C(=O)OC)C2C(OCC)ON3C12. The van der Waals surface area contributed by atoms with Crippen LogP contribution in [0.2, 0.25) is 0 Å². The van der Waals surface area contributed by atoms with Crippen LogP contribution in [0, 0.1) is 17.8 Å². The number of para-hydroxylation sites is 1.